The molecule has 0 saturated carbocycles. The number of piperidine rings is 1. The molecule has 2 aliphatic heterocycles. The van der Waals surface area contributed by atoms with Crippen LogP contribution in [0, 0.1) is 5.82 Å². The fourth-order valence-electron chi connectivity index (χ4n) is 3.15. The van der Waals surface area contributed by atoms with E-state index in [0.29, 0.717) is 17.4 Å². The summed E-state index contributed by atoms with van der Waals surface area (Å²) in [4.78, 5) is 16.7. The van der Waals surface area contributed by atoms with Gasteiger partial charge in [-0.1, -0.05) is 6.42 Å². The molecule has 0 aromatic heterocycles. The van der Waals surface area contributed by atoms with Crippen LogP contribution < -0.4 is 4.74 Å². The lowest BCUT2D eigenvalue weighted by Crippen LogP contribution is -2.61. The van der Waals surface area contributed by atoms with Crippen LogP contribution in [-0.4, -0.2) is 55.0 Å². The molecular weight excluding hydrogens is 271 g/mol. The van der Waals surface area contributed by atoms with Crippen molar-refractivity contribution >= 4 is 5.91 Å². The zero-order valence-electron chi connectivity index (χ0n) is 12.3. The molecule has 0 bridgehead atoms. The van der Waals surface area contributed by atoms with Gasteiger partial charge in [0.15, 0.2) is 0 Å². The summed E-state index contributed by atoms with van der Waals surface area (Å²) in [6, 6.07) is 4.54. The molecule has 0 spiro atoms. The molecule has 114 valence electrons. The van der Waals surface area contributed by atoms with E-state index in [2.05, 4.69) is 4.90 Å². The minimum atomic E-state index is -0.410. The molecule has 0 N–H and O–H groups in total. The first kappa shape index (κ1) is 14.3. The number of hydrogen-bond acceptors (Lipinski definition) is 3. The van der Waals surface area contributed by atoms with Gasteiger partial charge in [-0.15, -0.1) is 0 Å². The maximum atomic E-state index is 13.4. The van der Waals surface area contributed by atoms with Crippen molar-refractivity contribution in [2.45, 2.75) is 25.3 Å². The van der Waals surface area contributed by atoms with Gasteiger partial charge in [-0.05, 0) is 44.1 Å². The highest BCUT2D eigenvalue weighted by molar-refractivity contribution is 5.97. The molecular formula is C16H21FN2O2. The number of benzene rings is 1. The van der Waals surface area contributed by atoms with E-state index in [0.717, 1.165) is 26.2 Å². The summed E-state index contributed by atoms with van der Waals surface area (Å²) >= 11 is 0. The topological polar surface area (TPSA) is 32.8 Å². The number of methoxy groups -OCH3 is 1. The lowest BCUT2D eigenvalue weighted by Gasteiger charge is -2.46. The smallest absolute Gasteiger partial charge is 0.257 e. The van der Waals surface area contributed by atoms with Gasteiger partial charge in [0.1, 0.15) is 11.6 Å². The molecule has 21 heavy (non-hydrogen) atoms. The van der Waals surface area contributed by atoms with Crippen LogP contribution in [0.3, 0.4) is 0 Å². The fourth-order valence-corrected chi connectivity index (χ4v) is 3.15. The second kappa shape index (κ2) is 6.02. The highest BCUT2D eigenvalue weighted by Gasteiger charge is 2.36. The number of hydrogen-bond donors (Lipinski definition) is 0. The largest absolute Gasteiger partial charge is 0.496 e. The number of carbonyl (C=O) groups excluding carboxylic acids is 1. The van der Waals surface area contributed by atoms with Crippen molar-refractivity contribution in [2.75, 3.05) is 33.3 Å². The van der Waals surface area contributed by atoms with Gasteiger partial charge in [0.05, 0.1) is 12.7 Å². The number of ether oxygens (including phenoxy) is 1. The second-order valence-electron chi connectivity index (χ2n) is 5.81. The van der Waals surface area contributed by atoms with E-state index in [9.17, 15) is 9.18 Å². The molecule has 0 unspecified atom stereocenters. The molecule has 1 amide bonds. The first-order valence-corrected chi connectivity index (χ1v) is 7.56. The van der Waals surface area contributed by atoms with Crippen molar-refractivity contribution in [3.63, 3.8) is 0 Å². The van der Waals surface area contributed by atoms with E-state index in [4.69, 9.17) is 4.74 Å². The van der Waals surface area contributed by atoms with Crippen molar-refractivity contribution in [2.24, 2.45) is 0 Å². The number of amides is 1. The van der Waals surface area contributed by atoms with E-state index >= 15 is 0 Å². The molecule has 3 rings (SSSR count). The monoisotopic (exact) mass is 292 g/mol. The molecule has 2 saturated heterocycles. The Kier molecular flexibility index (Phi) is 4.10. The Hall–Kier alpha value is -1.62. The molecule has 1 aromatic carbocycles. The molecule has 2 aliphatic rings. The SMILES string of the molecule is COc1ccc(F)cc1C(=O)N1CC(N2CCCCC2)C1. The van der Waals surface area contributed by atoms with E-state index in [1.807, 2.05) is 0 Å². The van der Waals surface area contributed by atoms with E-state index < -0.39 is 5.82 Å². The van der Waals surface area contributed by atoms with Crippen LogP contribution >= 0.6 is 0 Å². The highest BCUT2D eigenvalue weighted by Crippen LogP contribution is 2.26. The van der Waals surface area contributed by atoms with Crippen LogP contribution in [-0.2, 0) is 0 Å². The van der Waals surface area contributed by atoms with Crippen LogP contribution in [0.25, 0.3) is 0 Å². The number of rotatable bonds is 3. The normalized spacial score (nSPS) is 20.2. The van der Waals surface area contributed by atoms with Gasteiger partial charge < -0.3 is 9.64 Å². The molecule has 0 atom stereocenters. The Morgan fingerprint density at radius 1 is 1.24 bits per heavy atom. The third-order valence-corrected chi connectivity index (χ3v) is 4.45. The third-order valence-electron chi connectivity index (χ3n) is 4.45. The maximum absolute atomic E-state index is 13.4. The van der Waals surface area contributed by atoms with Gasteiger partial charge >= 0.3 is 0 Å². The Bertz CT molecular complexity index is 523. The van der Waals surface area contributed by atoms with Gasteiger partial charge in [-0.2, -0.15) is 0 Å². The number of halogens is 1. The van der Waals surface area contributed by atoms with Crippen molar-refractivity contribution in [3.8, 4) is 5.75 Å². The summed E-state index contributed by atoms with van der Waals surface area (Å²) in [5.74, 6) is -0.116. The zero-order chi connectivity index (χ0) is 14.8. The first-order valence-electron chi connectivity index (χ1n) is 7.56. The zero-order valence-corrected chi connectivity index (χ0v) is 12.3. The molecule has 1 aromatic rings. The van der Waals surface area contributed by atoms with Crippen LogP contribution in [0.15, 0.2) is 18.2 Å². The van der Waals surface area contributed by atoms with E-state index in [1.54, 1.807) is 4.90 Å². The summed E-state index contributed by atoms with van der Waals surface area (Å²) < 4.78 is 18.5. The standard InChI is InChI=1S/C16H21FN2O2/c1-21-15-6-5-12(17)9-14(15)16(20)19-10-13(11-19)18-7-3-2-4-8-18/h5-6,9,13H,2-4,7-8,10-11H2,1H3. The molecule has 2 fully saturated rings. The van der Waals surface area contributed by atoms with Crippen LogP contribution in [0.5, 0.6) is 5.75 Å². The molecule has 0 radical (unpaired) electrons. The summed E-state index contributed by atoms with van der Waals surface area (Å²) in [5, 5.41) is 0. The molecule has 4 nitrogen and oxygen atoms in total. The van der Waals surface area contributed by atoms with Gasteiger partial charge in [-0.3, -0.25) is 9.69 Å². The second-order valence-corrected chi connectivity index (χ2v) is 5.81. The van der Waals surface area contributed by atoms with Crippen molar-refractivity contribution in [1.82, 2.24) is 9.80 Å². The predicted octanol–water partition coefficient (Wildman–Crippen LogP) is 2.14. The lowest BCUT2D eigenvalue weighted by atomic mass is 10.0. The van der Waals surface area contributed by atoms with Crippen molar-refractivity contribution < 1.29 is 13.9 Å². The molecule has 2 heterocycles. The van der Waals surface area contributed by atoms with Crippen molar-refractivity contribution in [3.05, 3.63) is 29.6 Å². The summed E-state index contributed by atoms with van der Waals surface area (Å²) in [5.41, 5.74) is 0.314. The maximum Gasteiger partial charge on any atom is 0.257 e. The predicted molar refractivity (Wildman–Crippen MR) is 78.1 cm³/mol. The van der Waals surface area contributed by atoms with Gasteiger partial charge in [0.2, 0.25) is 0 Å². The summed E-state index contributed by atoms with van der Waals surface area (Å²) in [6.07, 6.45) is 3.82. The Balaban J connectivity index is 1.64. The number of nitrogens with zero attached hydrogens (tertiary/aromatic N) is 2. The van der Waals surface area contributed by atoms with E-state index in [1.165, 1.54) is 44.6 Å². The van der Waals surface area contributed by atoms with Crippen LogP contribution in [0.2, 0.25) is 0 Å². The molecule has 5 heteroatoms. The average Bonchev–Trinajstić information content (AvgIpc) is 2.46. The van der Waals surface area contributed by atoms with Gasteiger partial charge in [0, 0.05) is 19.1 Å². The van der Waals surface area contributed by atoms with Crippen LogP contribution in [0.4, 0.5) is 4.39 Å². The Morgan fingerprint density at radius 2 is 1.95 bits per heavy atom. The number of carbonyl (C=O) groups is 1. The molecule has 0 aliphatic carbocycles. The quantitative estimate of drug-likeness (QED) is 0.856. The Morgan fingerprint density at radius 3 is 2.62 bits per heavy atom. The number of likely N-dealkylation sites (tertiary alicyclic amines) is 2. The Labute approximate surface area is 124 Å². The fraction of sp³-hybridized carbons (Fsp3) is 0.562. The summed E-state index contributed by atoms with van der Waals surface area (Å²) in [7, 11) is 1.50. The van der Waals surface area contributed by atoms with Crippen LogP contribution in [0.1, 0.15) is 29.6 Å². The first-order chi connectivity index (χ1) is 10.2. The minimum absolute atomic E-state index is 0.139. The highest BCUT2D eigenvalue weighted by atomic mass is 19.1. The summed E-state index contributed by atoms with van der Waals surface area (Å²) in [6.45, 7) is 3.74. The lowest BCUT2D eigenvalue weighted by molar-refractivity contribution is 0.0201. The van der Waals surface area contributed by atoms with E-state index in [-0.39, 0.29) is 5.91 Å². The average molecular weight is 292 g/mol. The van der Waals surface area contributed by atoms with Crippen molar-refractivity contribution in [1.29, 1.82) is 0 Å². The third kappa shape index (κ3) is 2.88. The van der Waals surface area contributed by atoms with Gasteiger partial charge in [0.25, 0.3) is 5.91 Å². The van der Waals surface area contributed by atoms with Gasteiger partial charge in [-0.25, -0.2) is 4.39 Å². The minimum Gasteiger partial charge on any atom is -0.496 e.